The molecule has 0 aliphatic carbocycles. The summed E-state index contributed by atoms with van der Waals surface area (Å²) in [4.78, 5) is 5.15. The van der Waals surface area contributed by atoms with Crippen LogP contribution in [0.1, 0.15) is 17.7 Å². The number of furan rings is 1. The van der Waals surface area contributed by atoms with Gasteiger partial charge in [-0.2, -0.15) is 5.10 Å². The molecule has 4 rings (SSSR count). The monoisotopic (exact) mass is 300 g/mol. The van der Waals surface area contributed by atoms with E-state index in [1.54, 1.807) is 6.26 Å². The molecule has 2 aliphatic heterocycles. The van der Waals surface area contributed by atoms with Gasteiger partial charge < -0.3 is 4.42 Å². The maximum Gasteiger partial charge on any atom is 0.117 e. The smallest absolute Gasteiger partial charge is 0.117 e. The highest BCUT2D eigenvalue weighted by Crippen LogP contribution is 2.32. The fourth-order valence-electron chi connectivity index (χ4n) is 4.05. The van der Waals surface area contributed by atoms with Crippen LogP contribution in [0.25, 0.3) is 0 Å². The predicted octanol–water partition coefficient (Wildman–Crippen LogP) is 1.97. The maximum absolute atomic E-state index is 5.49. The lowest BCUT2D eigenvalue weighted by Crippen LogP contribution is -2.39. The molecule has 2 saturated heterocycles. The quantitative estimate of drug-likeness (QED) is 0.865. The zero-order chi connectivity index (χ0) is 14.9. The van der Waals surface area contributed by atoms with Crippen molar-refractivity contribution in [1.82, 2.24) is 19.6 Å². The summed E-state index contributed by atoms with van der Waals surface area (Å²) in [7, 11) is 1.99. The first-order valence-electron chi connectivity index (χ1n) is 8.21. The van der Waals surface area contributed by atoms with Gasteiger partial charge in [-0.3, -0.25) is 14.5 Å². The SMILES string of the molecule is Cn1cc(CN2CC[C@H]3CN(Cc4ccco4)C[C@H]3C2)cn1. The number of rotatable bonds is 4. The standard InChI is InChI=1S/C17H24N4O/c1-19-8-14(7-18-19)9-20-5-4-15-10-21(12-16(15)11-20)13-17-3-2-6-22-17/h2-3,6-8,15-16H,4-5,9-13H2,1H3/t15-,16+/m0/s1. The summed E-state index contributed by atoms with van der Waals surface area (Å²) in [5.74, 6) is 2.76. The largest absolute Gasteiger partial charge is 0.468 e. The van der Waals surface area contributed by atoms with Crippen LogP contribution in [0.3, 0.4) is 0 Å². The molecule has 5 heteroatoms. The van der Waals surface area contributed by atoms with Crippen LogP contribution >= 0.6 is 0 Å². The van der Waals surface area contributed by atoms with E-state index in [9.17, 15) is 0 Å². The Bertz CT molecular complexity index is 606. The van der Waals surface area contributed by atoms with Gasteiger partial charge in [0.15, 0.2) is 0 Å². The van der Waals surface area contributed by atoms with Gasteiger partial charge in [0.2, 0.25) is 0 Å². The number of nitrogens with zero attached hydrogens (tertiary/aromatic N) is 4. The van der Waals surface area contributed by atoms with E-state index < -0.39 is 0 Å². The van der Waals surface area contributed by atoms with E-state index in [0.717, 1.165) is 30.7 Å². The molecule has 22 heavy (non-hydrogen) atoms. The van der Waals surface area contributed by atoms with Crippen molar-refractivity contribution in [3.05, 3.63) is 42.1 Å². The van der Waals surface area contributed by atoms with Gasteiger partial charge in [-0.25, -0.2) is 0 Å². The summed E-state index contributed by atoms with van der Waals surface area (Å²) in [6.45, 7) is 6.86. The number of piperidine rings is 1. The normalized spacial score (nSPS) is 26.4. The summed E-state index contributed by atoms with van der Waals surface area (Å²) in [5.41, 5.74) is 1.33. The van der Waals surface area contributed by atoms with E-state index >= 15 is 0 Å². The molecule has 2 aliphatic rings. The topological polar surface area (TPSA) is 37.4 Å². The molecule has 0 unspecified atom stereocenters. The highest BCUT2D eigenvalue weighted by molar-refractivity contribution is 5.04. The molecule has 2 aromatic rings. The number of likely N-dealkylation sites (tertiary alicyclic amines) is 2. The Morgan fingerprint density at radius 3 is 2.82 bits per heavy atom. The molecule has 0 bridgehead atoms. The van der Waals surface area contributed by atoms with Crippen molar-refractivity contribution < 1.29 is 4.42 Å². The molecule has 5 nitrogen and oxygen atoms in total. The average molecular weight is 300 g/mol. The summed E-state index contributed by atoms with van der Waals surface area (Å²) in [6, 6.07) is 4.06. The number of aryl methyl sites for hydroxylation is 1. The molecule has 118 valence electrons. The van der Waals surface area contributed by atoms with E-state index in [0.29, 0.717) is 0 Å². The summed E-state index contributed by atoms with van der Waals surface area (Å²) >= 11 is 0. The molecule has 4 heterocycles. The molecular formula is C17H24N4O. The fourth-order valence-corrected chi connectivity index (χ4v) is 4.05. The van der Waals surface area contributed by atoms with E-state index in [1.165, 1.54) is 38.2 Å². The molecule has 0 spiro atoms. The highest BCUT2D eigenvalue weighted by atomic mass is 16.3. The number of aromatic nitrogens is 2. The van der Waals surface area contributed by atoms with Crippen LogP contribution < -0.4 is 0 Å². The first-order valence-corrected chi connectivity index (χ1v) is 8.21. The zero-order valence-corrected chi connectivity index (χ0v) is 13.2. The first kappa shape index (κ1) is 14.0. The predicted molar refractivity (Wildman–Crippen MR) is 84.1 cm³/mol. The van der Waals surface area contributed by atoms with Gasteiger partial charge in [-0.1, -0.05) is 0 Å². The summed E-state index contributed by atoms with van der Waals surface area (Å²) in [5, 5.41) is 4.27. The van der Waals surface area contributed by atoms with Crippen LogP contribution in [0.2, 0.25) is 0 Å². The van der Waals surface area contributed by atoms with Crippen LogP contribution in [0.5, 0.6) is 0 Å². The molecule has 2 aromatic heterocycles. The van der Waals surface area contributed by atoms with Gasteiger partial charge in [0.25, 0.3) is 0 Å². The Morgan fingerprint density at radius 2 is 2.05 bits per heavy atom. The molecule has 0 saturated carbocycles. The molecule has 2 fully saturated rings. The second-order valence-electron chi connectivity index (χ2n) is 6.84. The van der Waals surface area contributed by atoms with Crippen LogP contribution in [0.15, 0.2) is 35.2 Å². The average Bonchev–Trinajstić information content (AvgIpc) is 3.20. The van der Waals surface area contributed by atoms with Gasteiger partial charge in [0.05, 0.1) is 19.0 Å². The van der Waals surface area contributed by atoms with Gasteiger partial charge in [-0.05, 0) is 36.9 Å². The van der Waals surface area contributed by atoms with Gasteiger partial charge in [0, 0.05) is 45.0 Å². The Hall–Kier alpha value is -1.59. The number of hydrogen-bond acceptors (Lipinski definition) is 4. The van der Waals surface area contributed by atoms with Gasteiger partial charge >= 0.3 is 0 Å². The zero-order valence-electron chi connectivity index (χ0n) is 13.2. The molecule has 2 atom stereocenters. The molecule has 0 aromatic carbocycles. The lowest BCUT2D eigenvalue weighted by atomic mass is 9.88. The van der Waals surface area contributed by atoms with E-state index in [2.05, 4.69) is 27.2 Å². The van der Waals surface area contributed by atoms with Crippen molar-refractivity contribution in [2.75, 3.05) is 26.2 Å². The van der Waals surface area contributed by atoms with E-state index in [1.807, 2.05) is 24.0 Å². The summed E-state index contributed by atoms with van der Waals surface area (Å²) < 4.78 is 7.38. The van der Waals surface area contributed by atoms with Gasteiger partial charge in [-0.15, -0.1) is 0 Å². The highest BCUT2D eigenvalue weighted by Gasteiger charge is 2.37. The van der Waals surface area contributed by atoms with Crippen molar-refractivity contribution >= 4 is 0 Å². The Labute approximate surface area is 131 Å². The lowest BCUT2D eigenvalue weighted by molar-refractivity contribution is 0.142. The lowest BCUT2D eigenvalue weighted by Gasteiger charge is -2.34. The third-order valence-electron chi connectivity index (χ3n) is 5.08. The van der Waals surface area contributed by atoms with Crippen LogP contribution in [-0.2, 0) is 20.1 Å². The van der Waals surface area contributed by atoms with Gasteiger partial charge in [0.1, 0.15) is 5.76 Å². The minimum atomic E-state index is 0.806. The van der Waals surface area contributed by atoms with Crippen LogP contribution in [-0.4, -0.2) is 45.8 Å². The Balaban J connectivity index is 1.33. The molecular weight excluding hydrogens is 276 g/mol. The second-order valence-corrected chi connectivity index (χ2v) is 6.84. The minimum Gasteiger partial charge on any atom is -0.468 e. The third kappa shape index (κ3) is 2.96. The van der Waals surface area contributed by atoms with Crippen LogP contribution in [0.4, 0.5) is 0 Å². The van der Waals surface area contributed by atoms with Crippen molar-refractivity contribution in [2.45, 2.75) is 19.5 Å². The second kappa shape index (κ2) is 5.89. The third-order valence-corrected chi connectivity index (χ3v) is 5.08. The van der Waals surface area contributed by atoms with Crippen molar-refractivity contribution in [2.24, 2.45) is 18.9 Å². The number of fused-ring (bicyclic) bond motifs is 1. The van der Waals surface area contributed by atoms with Crippen molar-refractivity contribution in [3.63, 3.8) is 0 Å². The first-order chi connectivity index (χ1) is 10.8. The fraction of sp³-hybridized carbons (Fsp3) is 0.588. The Morgan fingerprint density at radius 1 is 1.18 bits per heavy atom. The summed E-state index contributed by atoms with van der Waals surface area (Å²) in [6.07, 6.45) is 7.21. The number of hydrogen-bond donors (Lipinski definition) is 0. The van der Waals surface area contributed by atoms with Crippen molar-refractivity contribution in [3.8, 4) is 0 Å². The van der Waals surface area contributed by atoms with Crippen molar-refractivity contribution in [1.29, 1.82) is 0 Å². The minimum absolute atomic E-state index is 0.806. The van der Waals surface area contributed by atoms with Crippen LogP contribution in [0, 0.1) is 11.8 Å². The molecule has 0 N–H and O–H groups in total. The molecule has 0 amide bonds. The van der Waals surface area contributed by atoms with E-state index in [-0.39, 0.29) is 0 Å². The Kier molecular flexibility index (Phi) is 3.76. The molecule has 0 radical (unpaired) electrons. The maximum atomic E-state index is 5.49. The van der Waals surface area contributed by atoms with E-state index in [4.69, 9.17) is 4.42 Å².